The summed E-state index contributed by atoms with van der Waals surface area (Å²) in [6.07, 6.45) is 0. The van der Waals surface area contributed by atoms with E-state index in [1.54, 1.807) is 30.3 Å². The first-order valence-electron chi connectivity index (χ1n) is 4.76. The van der Waals surface area contributed by atoms with Crippen molar-refractivity contribution in [3.05, 3.63) is 51.5 Å². The molecule has 4 nitrogen and oxygen atoms in total. The molecule has 0 aliphatic heterocycles. The molecule has 0 spiro atoms. The second kappa shape index (κ2) is 4.91. The van der Waals surface area contributed by atoms with Gasteiger partial charge in [-0.05, 0) is 23.6 Å². The van der Waals surface area contributed by atoms with Crippen LogP contribution in [0, 0.1) is 10.1 Å². The Kier molecular flexibility index (Phi) is 3.51. The lowest BCUT2D eigenvalue weighted by Gasteiger charge is -2.08. The maximum absolute atomic E-state index is 11.8. The summed E-state index contributed by atoms with van der Waals surface area (Å²) in [7, 11) is 0. The van der Waals surface area contributed by atoms with Crippen LogP contribution in [-0.2, 0) is 11.2 Å². The van der Waals surface area contributed by atoms with E-state index in [1.165, 1.54) is 0 Å². The van der Waals surface area contributed by atoms with E-state index in [0.29, 0.717) is 15.3 Å². The van der Waals surface area contributed by atoms with Crippen molar-refractivity contribution in [2.24, 2.45) is 0 Å². The summed E-state index contributed by atoms with van der Waals surface area (Å²) < 4.78 is 11.8. The van der Waals surface area contributed by atoms with Gasteiger partial charge < -0.3 is 4.55 Å². The summed E-state index contributed by atoms with van der Waals surface area (Å²) in [6, 6.07) is 10.4. The van der Waals surface area contributed by atoms with E-state index in [1.807, 2.05) is 6.07 Å². The van der Waals surface area contributed by atoms with E-state index < -0.39 is 22.0 Å². The van der Waals surface area contributed by atoms with Crippen molar-refractivity contribution in [2.45, 2.75) is 4.90 Å². The van der Waals surface area contributed by atoms with E-state index in [4.69, 9.17) is 11.6 Å². The summed E-state index contributed by atoms with van der Waals surface area (Å²) in [4.78, 5) is 10.2. The lowest BCUT2D eigenvalue weighted by Crippen LogP contribution is -2.14. The number of hydrogen-bond acceptors (Lipinski definition) is 3. The van der Waals surface area contributed by atoms with Crippen molar-refractivity contribution in [1.29, 1.82) is 0 Å². The Morgan fingerprint density at radius 3 is 2.76 bits per heavy atom. The Bertz CT molecular complexity index is 576. The zero-order chi connectivity index (χ0) is 12.4. The summed E-state index contributed by atoms with van der Waals surface area (Å²) in [5.41, 5.74) is 0. The SMILES string of the molecule is O=[N+]([O-])C[S+]([O-])c1cccc2ccc(Cl)cc12. The Morgan fingerprint density at radius 2 is 2.06 bits per heavy atom. The largest absolute Gasteiger partial charge is 0.606 e. The zero-order valence-corrected chi connectivity index (χ0v) is 10.2. The molecule has 0 fully saturated rings. The Morgan fingerprint density at radius 1 is 1.29 bits per heavy atom. The van der Waals surface area contributed by atoms with E-state index in [-0.39, 0.29) is 0 Å². The fourth-order valence-electron chi connectivity index (χ4n) is 1.58. The number of fused-ring (bicyclic) bond motifs is 1. The van der Waals surface area contributed by atoms with Crippen molar-refractivity contribution < 1.29 is 9.48 Å². The fraction of sp³-hybridized carbons (Fsp3) is 0.0909. The number of halogens is 1. The zero-order valence-electron chi connectivity index (χ0n) is 8.63. The maximum atomic E-state index is 11.8. The fourth-order valence-corrected chi connectivity index (χ4v) is 2.74. The van der Waals surface area contributed by atoms with Gasteiger partial charge in [-0.15, -0.1) is 0 Å². The first-order chi connectivity index (χ1) is 8.08. The highest BCUT2D eigenvalue weighted by Crippen LogP contribution is 2.26. The van der Waals surface area contributed by atoms with Gasteiger partial charge in [-0.2, -0.15) is 0 Å². The van der Waals surface area contributed by atoms with Gasteiger partial charge in [-0.25, -0.2) is 0 Å². The topological polar surface area (TPSA) is 66.2 Å². The standard InChI is InChI=1S/C11H8ClNO3S/c12-9-5-4-8-2-1-3-11(10(8)6-9)17(16)7-13(14)15/h1-6H,7H2. The molecule has 0 aliphatic rings. The van der Waals surface area contributed by atoms with Crippen LogP contribution in [0.5, 0.6) is 0 Å². The molecule has 0 saturated carbocycles. The van der Waals surface area contributed by atoms with Crippen LogP contribution in [0.4, 0.5) is 0 Å². The summed E-state index contributed by atoms with van der Waals surface area (Å²) in [5, 5.41) is 12.4. The van der Waals surface area contributed by atoms with Crippen LogP contribution in [0.2, 0.25) is 5.02 Å². The molecule has 0 aliphatic carbocycles. The molecule has 17 heavy (non-hydrogen) atoms. The number of nitrogens with zero attached hydrogens (tertiary/aromatic N) is 1. The van der Waals surface area contributed by atoms with E-state index in [0.717, 1.165) is 5.39 Å². The average molecular weight is 270 g/mol. The number of nitro groups is 1. The lowest BCUT2D eigenvalue weighted by molar-refractivity contribution is -0.458. The molecular weight excluding hydrogens is 262 g/mol. The molecule has 2 aromatic rings. The molecule has 0 amide bonds. The van der Waals surface area contributed by atoms with E-state index in [9.17, 15) is 14.7 Å². The number of benzene rings is 2. The Labute approximate surface area is 106 Å². The van der Waals surface area contributed by atoms with Crippen LogP contribution in [-0.4, -0.2) is 15.4 Å². The molecule has 1 atom stereocenters. The van der Waals surface area contributed by atoms with E-state index >= 15 is 0 Å². The summed E-state index contributed by atoms with van der Waals surface area (Å²) in [6.45, 7) is 0. The van der Waals surface area contributed by atoms with Crippen molar-refractivity contribution >= 4 is 33.5 Å². The smallest absolute Gasteiger partial charge is 0.353 e. The van der Waals surface area contributed by atoms with Crippen LogP contribution in [0.3, 0.4) is 0 Å². The van der Waals surface area contributed by atoms with Gasteiger partial charge in [0.2, 0.25) is 0 Å². The molecule has 0 heterocycles. The van der Waals surface area contributed by atoms with Crippen LogP contribution < -0.4 is 0 Å². The summed E-state index contributed by atoms with van der Waals surface area (Å²) >= 11 is 4.21. The quantitative estimate of drug-likeness (QED) is 0.489. The van der Waals surface area contributed by atoms with Crippen molar-refractivity contribution in [2.75, 3.05) is 5.88 Å². The Hall–Kier alpha value is -1.30. The van der Waals surface area contributed by atoms with Crippen LogP contribution in [0.15, 0.2) is 41.3 Å². The predicted octanol–water partition coefficient (Wildman–Crippen LogP) is 2.84. The molecule has 0 bridgehead atoms. The first-order valence-corrected chi connectivity index (χ1v) is 6.46. The number of rotatable bonds is 3. The third-order valence-corrected chi connectivity index (χ3v) is 3.80. The molecule has 88 valence electrons. The van der Waals surface area contributed by atoms with Crippen LogP contribution in [0.1, 0.15) is 0 Å². The molecule has 1 unspecified atom stereocenters. The molecule has 0 saturated heterocycles. The van der Waals surface area contributed by atoms with Gasteiger partial charge >= 0.3 is 5.88 Å². The molecule has 2 rings (SSSR count). The molecular formula is C11H8ClNO3S. The van der Waals surface area contributed by atoms with Gasteiger partial charge in [-0.3, -0.25) is 10.1 Å². The van der Waals surface area contributed by atoms with Gasteiger partial charge in [0.25, 0.3) is 0 Å². The third-order valence-electron chi connectivity index (χ3n) is 2.27. The molecule has 0 N–H and O–H groups in total. The molecule has 2 aromatic carbocycles. The Balaban J connectivity index is 2.52. The van der Waals surface area contributed by atoms with Gasteiger partial charge in [0.1, 0.15) is 0 Å². The second-order valence-electron chi connectivity index (χ2n) is 3.43. The normalized spacial score (nSPS) is 12.6. The van der Waals surface area contributed by atoms with Crippen molar-refractivity contribution in [1.82, 2.24) is 0 Å². The average Bonchev–Trinajstić information content (AvgIpc) is 2.27. The van der Waals surface area contributed by atoms with Crippen molar-refractivity contribution in [3.8, 4) is 0 Å². The second-order valence-corrected chi connectivity index (χ2v) is 5.25. The van der Waals surface area contributed by atoms with Crippen LogP contribution >= 0.6 is 11.6 Å². The van der Waals surface area contributed by atoms with Gasteiger partial charge in [0, 0.05) is 10.4 Å². The van der Waals surface area contributed by atoms with Crippen molar-refractivity contribution in [3.63, 3.8) is 0 Å². The maximum Gasteiger partial charge on any atom is 0.353 e. The number of hydrogen-bond donors (Lipinski definition) is 0. The predicted molar refractivity (Wildman–Crippen MR) is 67.2 cm³/mol. The monoisotopic (exact) mass is 269 g/mol. The first kappa shape index (κ1) is 12.2. The highest BCUT2D eigenvalue weighted by atomic mass is 35.5. The molecule has 0 aromatic heterocycles. The minimum absolute atomic E-state index is 0.446. The third kappa shape index (κ3) is 2.69. The molecule has 6 heteroatoms. The van der Waals surface area contributed by atoms with Gasteiger partial charge in [0.15, 0.2) is 4.90 Å². The molecule has 0 radical (unpaired) electrons. The summed E-state index contributed by atoms with van der Waals surface area (Å²) in [5.74, 6) is -0.592. The highest BCUT2D eigenvalue weighted by molar-refractivity contribution is 7.91. The van der Waals surface area contributed by atoms with E-state index in [2.05, 4.69) is 0 Å². The highest BCUT2D eigenvalue weighted by Gasteiger charge is 2.20. The van der Waals surface area contributed by atoms with Crippen LogP contribution in [0.25, 0.3) is 10.8 Å². The lowest BCUT2D eigenvalue weighted by atomic mass is 10.1. The van der Waals surface area contributed by atoms with Gasteiger partial charge in [0.05, 0.1) is 16.1 Å². The van der Waals surface area contributed by atoms with Gasteiger partial charge in [-0.1, -0.05) is 29.8 Å². The minimum Gasteiger partial charge on any atom is -0.606 e. The minimum atomic E-state index is -1.65.